The van der Waals surface area contributed by atoms with Gasteiger partial charge in [-0.3, -0.25) is 0 Å². The predicted octanol–water partition coefficient (Wildman–Crippen LogP) is 3.69. The summed E-state index contributed by atoms with van der Waals surface area (Å²) in [5.41, 5.74) is -2.28. The fourth-order valence-corrected chi connectivity index (χ4v) is 2.56. The highest BCUT2D eigenvalue weighted by atomic mass is 32.2. The van der Waals surface area contributed by atoms with Gasteiger partial charge >= 0.3 is 5.51 Å². The number of halogens is 3. The lowest BCUT2D eigenvalue weighted by molar-refractivity contribution is -0.0329. The van der Waals surface area contributed by atoms with Crippen molar-refractivity contribution >= 4 is 11.8 Å². The molecule has 19 heavy (non-hydrogen) atoms. The third-order valence-electron chi connectivity index (χ3n) is 3.02. The maximum absolute atomic E-state index is 11.9. The van der Waals surface area contributed by atoms with E-state index in [4.69, 9.17) is 4.74 Å². The van der Waals surface area contributed by atoms with Crippen molar-refractivity contribution in [2.45, 2.75) is 30.9 Å². The van der Waals surface area contributed by atoms with Crippen LogP contribution >= 0.6 is 11.8 Å². The number of aryl methyl sites for hydroxylation is 1. The molecule has 1 N–H and O–H groups in total. The third kappa shape index (κ3) is 4.31. The standard InChI is InChI=1S/C13H15F3O2S/c14-13(15,16)19-7-6-18-10-5-4-9-2-1-3-12(17)11(9)8-10/h4-5,8,12,17H,1-3,6-7H2/t12-/m1/s1. The Kier molecular flexibility index (Phi) is 4.62. The molecule has 1 aromatic carbocycles. The van der Waals surface area contributed by atoms with Gasteiger partial charge in [0.05, 0.1) is 12.7 Å². The first kappa shape index (κ1) is 14.5. The van der Waals surface area contributed by atoms with E-state index in [1.807, 2.05) is 6.07 Å². The highest BCUT2D eigenvalue weighted by molar-refractivity contribution is 8.00. The minimum absolute atomic E-state index is 0.000934. The molecule has 6 heteroatoms. The topological polar surface area (TPSA) is 29.5 Å². The Bertz CT molecular complexity index is 434. The third-order valence-corrected chi connectivity index (χ3v) is 3.72. The predicted molar refractivity (Wildman–Crippen MR) is 68.3 cm³/mol. The van der Waals surface area contributed by atoms with Gasteiger partial charge in [-0.05, 0) is 54.3 Å². The first-order chi connectivity index (χ1) is 8.96. The van der Waals surface area contributed by atoms with E-state index in [2.05, 4.69) is 0 Å². The van der Waals surface area contributed by atoms with Gasteiger partial charge in [-0.25, -0.2) is 0 Å². The minimum Gasteiger partial charge on any atom is -0.493 e. The molecule has 1 aliphatic rings. The van der Waals surface area contributed by atoms with Crippen LogP contribution in [0.4, 0.5) is 13.2 Å². The Morgan fingerprint density at radius 3 is 2.89 bits per heavy atom. The van der Waals surface area contributed by atoms with Crippen molar-refractivity contribution in [3.8, 4) is 5.75 Å². The number of hydrogen-bond acceptors (Lipinski definition) is 3. The number of aliphatic hydroxyl groups is 1. The van der Waals surface area contributed by atoms with Gasteiger partial charge in [0.15, 0.2) is 0 Å². The van der Waals surface area contributed by atoms with Crippen LogP contribution in [0.15, 0.2) is 18.2 Å². The summed E-state index contributed by atoms with van der Waals surface area (Å²) in [7, 11) is 0. The Balaban J connectivity index is 1.89. The van der Waals surface area contributed by atoms with Gasteiger partial charge in [0.25, 0.3) is 0 Å². The van der Waals surface area contributed by atoms with Crippen LogP contribution in [-0.4, -0.2) is 23.0 Å². The quantitative estimate of drug-likeness (QED) is 0.858. The van der Waals surface area contributed by atoms with Gasteiger partial charge in [-0.15, -0.1) is 0 Å². The minimum atomic E-state index is -4.21. The molecular weight excluding hydrogens is 277 g/mol. The zero-order chi connectivity index (χ0) is 13.9. The Morgan fingerprint density at radius 2 is 2.16 bits per heavy atom. The highest BCUT2D eigenvalue weighted by Gasteiger charge is 2.27. The summed E-state index contributed by atoms with van der Waals surface area (Å²) in [5, 5.41) is 9.86. The van der Waals surface area contributed by atoms with Crippen LogP contribution in [0.1, 0.15) is 30.1 Å². The largest absolute Gasteiger partial charge is 0.493 e. The van der Waals surface area contributed by atoms with E-state index in [1.54, 1.807) is 12.1 Å². The number of rotatable bonds is 4. The summed E-state index contributed by atoms with van der Waals surface area (Å²) in [6.07, 6.45) is 2.12. The van der Waals surface area contributed by atoms with Gasteiger partial charge in [0.1, 0.15) is 5.75 Å². The second-order valence-corrected chi connectivity index (χ2v) is 5.57. The normalized spacial score (nSPS) is 19.1. The van der Waals surface area contributed by atoms with E-state index in [0.29, 0.717) is 5.75 Å². The maximum Gasteiger partial charge on any atom is 0.441 e. The van der Waals surface area contributed by atoms with Crippen LogP contribution < -0.4 is 4.74 Å². The molecule has 0 radical (unpaired) electrons. The molecule has 0 fully saturated rings. The molecule has 0 saturated heterocycles. The van der Waals surface area contributed by atoms with Crippen LogP contribution in [-0.2, 0) is 6.42 Å². The summed E-state index contributed by atoms with van der Waals surface area (Å²) >= 11 is -0.0922. The first-order valence-corrected chi connectivity index (χ1v) is 7.08. The molecule has 1 atom stereocenters. The number of aliphatic hydroxyl groups excluding tert-OH is 1. The van der Waals surface area contributed by atoms with Crippen LogP contribution in [0, 0.1) is 0 Å². The van der Waals surface area contributed by atoms with E-state index in [1.165, 1.54) is 0 Å². The molecule has 0 bridgehead atoms. The van der Waals surface area contributed by atoms with Gasteiger partial charge < -0.3 is 9.84 Å². The zero-order valence-electron chi connectivity index (χ0n) is 10.2. The highest BCUT2D eigenvalue weighted by Crippen LogP contribution is 2.33. The lowest BCUT2D eigenvalue weighted by atomic mass is 9.89. The number of hydrogen-bond donors (Lipinski definition) is 1. The van der Waals surface area contributed by atoms with Crippen molar-refractivity contribution in [3.05, 3.63) is 29.3 Å². The lowest BCUT2D eigenvalue weighted by Gasteiger charge is -2.22. The Labute approximate surface area is 114 Å². The number of thioether (sulfide) groups is 1. The van der Waals surface area contributed by atoms with Crippen LogP contribution in [0.5, 0.6) is 5.75 Å². The second kappa shape index (κ2) is 6.05. The fraction of sp³-hybridized carbons (Fsp3) is 0.538. The molecule has 0 spiro atoms. The lowest BCUT2D eigenvalue weighted by Crippen LogP contribution is -2.10. The molecule has 1 aliphatic carbocycles. The SMILES string of the molecule is O[C@@H]1CCCc2ccc(OCCSC(F)(F)F)cc21. The summed E-state index contributed by atoms with van der Waals surface area (Å²) in [6.45, 7) is -0.000934. The van der Waals surface area contributed by atoms with Crippen molar-refractivity contribution in [2.75, 3.05) is 12.4 Å². The maximum atomic E-state index is 11.9. The summed E-state index contributed by atoms with van der Waals surface area (Å²) in [4.78, 5) is 0. The van der Waals surface area contributed by atoms with Crippen molar-refractivity contribution in [1.29, 1.82) is 0 Å². The molecule has 0 heterocycles. The molecular formula is C13H15F3O2S. The van der Waals surface area contributed by atoms with E-state index < -0.39 is 11.6 Å². The molecule has 2 rings (SSSR count). The molecule has 0 unspecified atom stereocenters. The van der Waals surface area contributed by atoms with E-state index in [9.17, 15) is 18.3 Å². The van der Waals surface area contributed by atoms with Crippen molar-refractivity contribution in [3.63, 3.8) is 0 Å². The summed E-state index contributed by atoms with van der Waals surface area (Å²) in [5.74, 6) is 0.380. The Hall–Kier alpha value is -0.880. The molecule has 0 saturated carbocycles. The van der Waals surface area contributed by atoms with E-state index >= 15 is 0 Å². The average molecular weight is 292 g/mol. The van der Waals surface area contributed by atoms with Crippen LogP contribution in [0.25, 0.3) is 0 Å². The number of alkyl halides is 3. The van der Waals surface area contributed by atoms with Gasteiger partial charge in [0.2, 0.25) is 0 Å². The van der Waals surface area contributed by atoms with E-state index in [-0.39, 0.29) is 24.1 Å². The van der Waals surface area contributed by atoms with Gasteiger partial charge in [-0.2, -0.15) is 13.2 Å². The van der Waals surface area contributed by atoms with Crippen molar-refractivity contribution < 1.29 is 23.0 Å². The number of benzene rings is 1. The summed E-state index contributed by atoms with van der Waals surface area (Å²) in [6, 6.07) is 5.36. The molecule has 106 valence electrons. The molecule has 0 aromatic heterocycles. The molecule has 0 aliphatic heterocycles. The summed E-state index contributed by atoms with van der Waals surface area (Å²) < 4.78 is 41.1. The van der Waals surface area contributed by atoms with Crippen LogP contribution in [0.3, 0.4) is 0 Å². The van der Waals surface area contributed by atoms with Crippen molar-refractivity contribution in [1.82, 2.24) is 0 Å². The number of fused-ring (bicyclic) bond motifs is 1. The zero-order valence-corrected chi connectivity index (χ0v) is 11.1. The molecule has 2 nitrogen and oxygen atoms in total. The average Bonchev–Trinajstić information content (AvgIpc) is 2.34. The Morgan fingerprint density at radius 1 is 1.37 bits per heavy atom. The fourth-order valence-electron chi connectivity index (χ4n) is 2.16. The smallest absolute Gasteiger partial charge is 0.441 e. The first-order valence-electron chi connectivity index (χ1n) is 6.10. The molecule has 0 amide bonds. The van der Waals surface area contributed by atoms with Crippen LogP contribution in [0.2, 0.25) is 0 Å². The van der Waals surface area contributed by atoms with Gasteiger partial charge in [-0.1, -0.05) is 6.07 Å². The van der Waals surface area contributed by atoms with E-state index in [0.717, 1.165) is 30.4 Å². The molecule has 1 aromatic rings. The van der Waals surface area contributed by atoms with Gasteiger partial charge in [0, 0.05) is 5.75 Å². The second-order valence-electron chi connectivity index (χ2n) is 4.41. The monoisotopic (exact) mass is 292 g/mol. The number of ether oxygens (including phenoxy) is 1. The van der Waals surface area contributed by atoms with Crippen molar-refractivity contribution in [2.24, 2.45) is 0 Å².